The van der Waals surface area contributed by atoms with Gasteiger partial charge in [-0.05, 0) is 25.3 Å². The Kier molecular flexibility index (Phi) is 4.46. The number of nitrogens with zero attached hydrogens (tertiary/aromatic N) is 4. The average molecular weight is 343 g/mol. The SMILES string of the molecule is O=C1CCCN1CCNC(=O)N1Cc2cccnc2N2CCC[C@@H]2C1. The Labute approximate surface area is 148 Å². The van der Waals surface area contributed by atoms with Crippen molar-refractivity contribution in [2.75, 3.05) is 37.6 Å². The number of aromatic nitrogens is 1. The maximum atomic E-state index is 12.7. The number of rotatable bonds is 3. The molecule has 3 aliphatic rings. The second-order valence-corrected chi connectivity index (χ2v) is 7.07. The molecule has 0 radical (unpaired) electrons. The molecule has 2 fully saturated rings. The Morgan fingerprint density at radius 1 is 1.32 bits per heavy atom. The van der Waals surface area contributed by atoms with Crippen molar-refractivity contribution in [1.82, 2.24) is 20.1 Å². The Balaban J connectivity index is 1.40. The van der Waals surface area contributed by atoms with Crippen LogP contribution in [0.15, 0.2) is 18.3 Å². The number of hydrogen-bond donors (Lipinski definition) is 1. The number of likely N-dealkylation sites (tertiary alicyclic amines) is 1. The molecule has 1 atom stereocenters. The van der Waals surface area contributed by atoms with Gasteiger partial charge in [-0.25, -0.2) is 9.78 Å². The van der Waals surface area contributed by atoms with Gasteiger partial charge in [0.2, 0.25) is 5.91 Å². The molecule has 4 heterocycles. The molecule has 0 spiro atoms. The number of hydrogen-bond acceptors (Lipinski definition) is 4. The molecule has 0 unspecified atom stereocenters. The summed E-state index contributed by atoms with van der Waals surface area (Å²) >= 11 is 0. The van der Waals surface area contributed by atoms with E-state index in [1.165, 1.54) is 0 Å². The molecule has 0 aliphatic carbocycles. The Morgan fingerprint density at radius 2 is 2.24 bits per heavy atom. The third kappa shape index (κ3) is 3.27. The number of carbonyl (C=O) groups is 2. The number of carbonyl (C=O) groups excluding carboxylic acids is 2. The van der Waals surface area contributed by atoms with Crippen molar-refractivity contribution in [3.63, 3.8) is 0 Å². The van der Waals surface area contributed by atoms with Gasteiger partial charge in [0.05, 0.1) is 6.54 Å². The van der Waals surface area contributed by atoms with Gasteiger partial charge in [0.1, 0.15) is 5.82 Å². The van der Waals surface area contributed by atoms with E-state index in [0.29, 0.717) is 32.1 Å². The summed E-state index contributed by atoms with van der Waals surface area (Å²) in [6.45, 7) is 4.26. The van der Waals surface area contributed by atoms with Crippen molar-refractivity contribution in [3.8, 4) is 0 Å². The van der Waals surface area contributed by atoms with Crippen LogP contribution in [-0.4, -0.2) is 65.5 Å². The van der Waals surface area contributed by atoms with Gasteiger partial charge in [-0.15, -0.1) is 0 Å². The largest absolute Gasteiger partial charge is 0.352 e. The van der Waals surface area contributed by atoms with Crippen LogP contribution in [0.25, 0.3) is 0 Å². The van der Waals surface area contributed by atoms with Crippen molar-refractivity contribution in [2.45, 2.75) is 38.3 Å². The highest BCUT2D eigenvalue weighted by molar-refractivity contribution is 5.78. The number of fused-ring (bicyclic) bond motifs is 3. The molecular weight excluding hydrogens is 318 g/mol. The van der Waals surface area contributed by atoms with E-state index in [9.17, 15) is 9.59 Å². The van der Waals surface area contributed by atoms with Crippen molar-refractivity contribution in [2.24, 2.45) is 0 Å². The number of nitrogens with one attached hydrogen (secondary N) is 1. The first-order chi connectivity index (χ1) is 12.2. The lowest BCUT2D eigenvalue weighted by molar-refractivity contribution is -0.127. The lowest BCUT2D eigenvalue weighted by Gasteiger charge is -2.27. The topological polar surface area (TPSA) is 68.8 Å². The van der Waals surface area contributed by atoms with E-state index in [-0.39, 0.29) is 11.9 Å². The minimum Gasteiger partial charge on any atom is -0.352 e. The van der Waals surface area contributed by atoms with Crippen molar-refractivity contribution in [1.29, 1.82) is 0 Å². The van der Waals surface area contributed by atoms with Gasteiger partial charge < -0.3 is 20.0 Å². The summed E-state index contributed by atoms with van der Waals surface area (Å²) in [6, 6.07) is 4.30. The van der Waals surface area contributed by atoms with Gasteiger partial charge in [-0.3, -0.25) is 4.79 Å². The fraction of sp³-hybridized carbons (Fsp3) is 0.611. The highest BCUT2D eigenvalue weighted by atomic mass is 16.2. The van der Waals surface area contributed by atoms with Crippen molar-refractivity contribution < 1.29 is 9.59 Å². The van der Waals surface area contributed by atoms with E-state index in [1.54, 1.807) is 0 Å². The minimum atomic E-state index is -0.0461. The standard InChI is InChI=1S/C18H25N5O2/c24-16-6-3-9-21(16)11-8-20-18(25)22-12-14-4-1-7-19-17(14)23-10-2-5-15(23)13-22/h1,4,7,15H,2-3,5-6,8-13H2,(H,20,25)/t15-/m1/s1. The predicted molar refractivity (Wildman–Crippen MR) is 94.2 cm³/mol. The van der Waals surface area contributed by atoms with E-state index in [1.807, 2.05) is 22.1 Å². The van der Waals surface area contributed by atoms with Crippen LogP contribution in [0.1, 0.15) is 31.2 Å². The van der Waals surface area contributed by atoms with E-state index in [2.05, 4.69) is 21.3 Å². The number of urea groups is 1. The summed E-state index contributed by atoms with van der Waals surface area (Å²) in [5.74, 6) is 1.23. The van der Waals surface area contributed by atoms with Crippen LogP contribution in [0, 0.1) is 0 Å². The summed E-state index contributed by atoms with van der Waals surface area (Å²) < 4.78 is 0. The highest BCUT2D eigenvalue weighted by Gasteiger charge is 2.33. The first-order valence-electron chi connectivity index (χ1n) is 9.23. The van der Waals surface area contributed by atoms with Crippen LogP contribution in [0.4, 0.5) is 10.6 Å². The maximum Gasteiger partial charge on any atom is 0.317 e. The second kappa shape index (κ2) is 6.90. The van der Waals surface area contributed by atoms with Crippen molar-refractivity contribution in [3.05, 3.63) is 23.9 Å². The van der Waals surface area contributed by atoms with Gasteiger partial charge in [0, 0.05) is 56.9 Å². The number of pyridine rings is 1. The lowest BCUT2D eigenvalue weighted by Crippen LogP contribution is -2.46. The van der Waals surface area contributed by atoms with E-state index >= 15 is 0 Å². The van der Waals surface area contributed by atoms with Crippen LogP contribution in [-0.2, 0) is 11.3 Å². The zero-order chi connectivity index (χ0) is 17.2. The van der Waals surface area contributed by atoms with Gasteiger partial charge in [0.15, 0.2) is 0 Å². The predicted octanol–water partition coefficient (Wildman–Crippen LogP) is 1.20. The maximum absolute atomic E-state index is 12.7. The molecule has 25 heavy (non-hydrogen) atoms. The second-order valence-electron chi connectivity index (χ2n) is 7.07. The first kappa shape index (κ1) is 16.2. The van der Waals surface area contributed by atoms with E-state index in [0.717, 1.165) is 50.3 Å². The smallest absolute Gasteiger partial charge is 0.317 e. The summed E-state index contributed by atoms with van der Waals surface area (Å²) in [7, 11) is 0. The number of anilines is 1. The lowest BCUT2D eigenvalue weighted by atomic mass is 10.2. The minimum absolute atomic E-state index is 0.0461. The summed E-state index contributed by atoms with van der Waals surface area (Å²) in [4.78, 5) is 35.0. The Hall–Kier alpha value is -2.31. The normalized spacial score (nSPS) is 22.6. The quantitative estimate of drug-likeness (QED) is 0.895. The zero-order valence-electron chi connectivity index (χ0n) is 14.5. The Bertz CT molecular complexity index is 665. The van der Waals surface area contributed by atoms with Crippen molar-refractivity contribution >= 4 is 17.8 Å². The molecule has 4 rings (SSSR count). The molecule has 7 nitrogen and oxygen atoms in total. The van der Waals surface area contributed by atoms with Gasteiger partial charge in [0.25, 0.3) is 0 Å². The van der Waals surface area contributed by atoms with Gasteiger partial charge in [-0.2, -0.15) is 0 Å². The fourth-order valence-electron chi connectivity index (χ4n) is 4.15. The molecule has 134 valence electrons. The summed E-state index contributed by atoms with van der Waals surface area (Å²) in [5, 5.41) is 2.99. The summed E-state index contributed by atoms with van der Waals surface area (Å²) in [6.07, 6.45) is 5.65. The van der Waals surface area contributed by atoms with Crippen LogP contribution < -0.4 is 10.2 Å². The van der Waals surface area contributed by atoms with E-state index in [4.69, 9.17) is 0 Å². The van der Waals surface area contributed by atoms with Crippen LogP contribution in [0.3, 0.4) is 0 Å². The first-order valence-corrected chi connectivity index (χ1v) is 9.23. The highest BCUT2D eigenvalue weighted by Crippen LogP contribution is 2.31. The molecule has 3 amide bonds. The monoisotopic (exact) mass is 343 g/mol. The molecule has 3 aliphatic heterocycles. The van der Waals surface area contributed by atoms with Gasteiger partial charge in [-0.1, -0.05) is 6.07 Å². The third-order valence-electron chi connectivity index (χ3n) is 5.43. The Morgan fingerprint density at radius 3 is 3.08 bits per heavy atom. The molecule has 1 N–H and O–H groups in total. The van der Waals surface area contributed by atoms with Crippen LogP contribution in [0.2, 0.25) is 0 Å². The molecule has 0 saturated carbocycles. The summed E-state index contributed by atoms with van der Waals surface area (Å²) in [5.41, 5.74) is 1.11. The fourth-order valence-corrected chi connectivity index (χ4v) is 4.15. The third-order valence-corrected chi connectivity index (χ3v) is 5.43. The molecule has 7 heteroatoms. The molecule has 1 aromatic rings. The van der Waals surface area contributed by atoms with Crippen LogP contribution in [0.5, 0.6) is 0 Å². The van der Waals surface area contributed by atoms with Gasteiger partial charge >= 0.3 is 6.03 Å². The molecular formula is C18H25N5O2. The molecule has 0 bridgehead atoms. The van der Waals surface area contributed by atoms with Crippen LogP contribution >= 0.6 is 0 Å². The van der Waals surface area contributed by atoms with E-state index < -0.39 is 0 Å². The average Bonchev–Trinajstić information content (AvgIpc) is 3.20. The molecule has 2 saturated heterocycles. The zero-order valence-corrected chi connectivity index (χ0v) is 14.5. The molecule has 1 aromatic heterocycles. The number of amides is 3. The molecule has 0 aromatic carbocycles.